The second-order valence-electron chi connectivity index (χ2n) is 10.9. The molecule has 1 atom stereocenters. The van der Waals surface area contributed by atoms with E-state index in [2.05, 4.69) is 5.32 Å². The third-order valence-electron chi connectivity index (χ3n) is 7.47. The lowest BCUT2D eigenvalue weighted by molar-refractivity contribution is -0.141. The second kappa shape index (κ2) is 14.5. The summed E-state index contributed by atoms with van der Waals surface area (Å²) in [5.74, 6) is 0.378. The number of nitrogens with zero attached hydrogens (tertiary/aromatic N) is 2. The molecule has 2 amide bonds. The Morgan fingerprint density at radius 3 is 2.33 bits per heavy atom. The number of amides is 2. The van der Waals surface area contributed by atoms with Gasteiger partial charge in [0, 0.05) is 25.6 Å². The summed E-state index contributed by atoms with van der Waals surface area (Å²) in [4.78, 5) is 28.8. The number of hydrogen-bond donors (Lipinski definition) is 1. The molecule has 0 heterocycles. The maximum absolute atomic E-state index is 13.7. The number of rotatable bonds is 13. The minimum absolute atomic E-state index is 0.119. The first-order valence-corrected chi connectivity index (χ1v) is 16.2. The fourth-order valence-corrected chi connectivity index (χ4v) is 6.48. The van der Waals surface area contributed by atoms with Crippen LogP contribution in [0.3, 0.4) is 0 Å². The van der Waals surface area contributed by atoms with Gasteiger partial charge in [0.05, 0.1) is 19.1 Å². The highest BCUT2D eigenvalue weighted by Gasteiger charge is 2.30. The molecule has 2 aromatic rings. The van der Waals surface area contributed by atoms with Gasteiger partial charge in [-0.05, 0) is 80.5 Å². The molecule has 3 rings (SSSR count). The predicted molar refractivity (Wildman–Crippen MR) is 160 cm³/mol. The molecule has 1 fully saturated rings. The van der Waals surface area contributed by atoms with Gasteiger partial charge >= 0.3 is 0 Å². The summed E-state index contributed by atoms with van der Waals surface area (Å²) in [6.07, 6.45) is 7.43. The molecular formula is C31H45N3O5S. The van der Waals surface area contributed by atoms with E-state index in [1.165, 1.54) is 17.0 Å². The number of carbonyl (C=O) groups is 2. The molecular weight excluding hydrogens is 526 g/mol. The van der Waals surface area contributed by atoms with Crippen LogP contribution in [-0.4, -0.2) is 57.1 Å². The fourth-order valence-electron chi connectivity index (χ4n) is 5.53. The zero-order valence-electron chi connectivity index (χ0n) is 24.6. The lowest BCUT2D eigenvalue weighted by atomic mass is 9.95. The van der Waals surface area contributed by atoms with Crippen LogP contribution in [0, 0.1) is 13.8 Å². The summed E-state index contributed by atoms with van der Waals surface area (Å²) in [5, 5.41) is 3.19. The van der Waals surface area contributed by atoms with E-state index in [1.54, 1.807) is 12.0 Å². The predicted octanol–water partition coefficient (Wildman–Crippen LogP) is 5.11. The first-order chi connectivity index (χ1) is 19.0. The van der Waals surface area contributed by atoms with E-state index in [-0.39, 0.29) is 37.4 Å². The Labute approximate surface area is 240 Å². The first-order valence-electron chi connectivity index (χ1n) is 14.3. The average molecular weight is 572 g/mol. The fraction of sp³-hybridized carbons (Fsp3) is 0.548. The summed E-state index contributed by atoms with van der Waals surface area (Å²) >= 11 is 0. The molecule has 1 aliphatic rings. The Morgan fingerprint density at radius 2 is 1.73 bits per heavy atom. The van der Waals surface area contributed by atoms with Crippen molar-refractivity contribution in [3.05, 3.63) is 59.2 Å². The normalized spacial score (nSPS) is 14.8. The molecule has 0 unspecified atom stereocenters. The van der Waals surface area contributed by atoms with Crippen LogP contribution in [0.4, 0.5) is 5.69 Å². The van der Waals surface area contributed by atoms with E-state index in [0.29, 0.717) is 24.3 Å². The Morgan fingerprint density at radius 1 is 1.05 bits per heavy atom. The molecule has 40 heavy (non-hydrogen) atoms. The summed E-state index contributed by atoms with van der Waals surface area (Å²) in [5.41, 5.74) is 3.40. The molecule has 0 radical (unpaired) electrons. The van der Waals surface area contributed by atoms with Gasteiger partial charge in [0.2, 0.25) is 21.8 Å². The van der Waals surface area contributed by atoms with Crippen molar-refractivity contribution in [1.82, 2.24) is 10.2 Å². The lowest BCUT2D eigenvalue weighted by Gasteiger charge is -2.33. The number of anilines is 1. The summed E-state index contributed by atoms with van der Waals surface area (Å²) < 4.78 is 32.1. The van der Waals surface area contributed by atoms with Crippen LogP contribution in [0.15, 0.2) is 42.5 Å². The molecule has 1 aliphatic carbocycles. The van der Waals surface area contributed by atoms with E-state index in [1.807, 2.05) is 63.2 Å². The summed E-state index contributed by atoms with van der Waals surface area (Å²) in [7, 11) is -1.95. The van der Waals surface area contributed by atoms with Gasteiger partial charge in [0.25, 0.3) is 0 Å². The van der Waals surface area contributed by atoms with Crippen molar-refractivity contribution in [2.24, 2.45) is 0 Å². The van der Waals surface area contributed by atoms with Crippen molar-refractivity contribution >= 4 is 27.5 Å². The van der Waals surface area contributed by atoms with Gasteiger partial charge in [-0.1, -0.05) is 44.4 Å². The molecule has 0 spiro atoms. The van der Waals surface area contributed by atoms with Crippen LogP contribution in [0.5, 0.6) is 5.75 Å². The quantitative estimate of drug-likeness (QED) is 0.360. The van der Waals surface area contributed by atoms with E-state index in [0.717, 1.165) is 42.4 Å². The van der Waals surface area contributed by atoms with Crippen molar-refractivity contribution in [3.63, 3.8) is 0 Å². The van der Waals surface area contributed by atoms with Crippen molar-refractivity contribution < 1.29 is 22.7 Å². The van der Waals surface area contributed by atoms with Gasteiger partial charge in [-0.3, -0.25) is 13.9 Å². The maximum Gasteiger partial charge on any atom is 0.243 e. The summed E-state index contributed by atoms with van der Waals surface area (Å²) in [6.45, 7) is 6.22. The van der Waals surface area contributed by atoms with Crippen molar-refractivity contribution in [2.75, 3.05) is 24.2 Å². The molecule has 0 saturated heterocycles. The van der Waals surface area contributed by atoms with Crippen LogP contribution < -0.4 is 14.4 Å². The minimum Gasteiger partial charge on any atom is -0.497 e. The highest BCUT2D eigenvalue weighted by molar-refractivity contribution is 7.92. The molecule has 9 heteroatoms. The van der Waals surface area contributed by atoms with Gasteiger partial charge in [0.15, 0.2) is 0 Å². The van der Waals surface area contributed by atoms with Crippen LogP contribution in [0.25, 0.3) is 0 Å². The Balaban J connectivity index is 1.79. The van der Waals surface area contributed by atoms with Crippen LogP contribution in [-0.2, 0) is 26.2 Å². The van der Waals surface area contributed by atoms with E-state index in [9.17, 15) is 18.0 Å². The third-order valence-corrected chi connectivity index (χ3v) is 8.67. The molecule has 220 valence electrons. The molecule has 1 saturated carbocycles. The molecule has 0 aliphatic heterocycles. The molecule has 8 nitrogen and oxygen atoms in total. The Bertz CT molecular complexity index is 1240. The highest BCUT2D eigenvalue weighted by atomic mass is 32.2. The SMILES string of the molecule is CC[C@@H](C(=O)NC1CCCCC1)N(Cc1cccc(OC)c1)C(=O)CCCN(c1cc(C)cc(C)c1)S(C)(=O)=O. The Kier molecular flexibility index (Phi) is 11.4. The minimum atomic E-state index is -3.55. The number of methoxy groups -OCH3 is 1. The molecule has 2 aromatic carbocycles. The van der Waals surface area contributed by atoms with E-state index < -0.39 is 16.1 Å². The number of sulfonamides is 1. The van der Waals surface area contributed by atoms with Gasteiger partial charge in [-0.2, -0.15) is 0 Å². The zero-order valence-corrected chi connectivity index (χ0v) is 25.4. The Hall–Kier alpha value is -3.07. The number of hydrogen-bond acceptors (Lipinski definition) is 5. The third kappa shape index (κ3) is 8.98. The van der Waals surface area contributed by atoms with Gasteiger partial charge in [0.1, 0.15) is 11.8 Å². The monoisotopic (exact) mass is 571 g/mol. The maximum atomic E-state index is 13.7. The average Bonchev–Trinajstić information content (AvgIpc) is 2.90. The van der Waals surface area contributed by atoms with Crippen molar-refractivity contribution in [3.8, 4) is 5.75 Å². The van der Waals surface area contributed by atoms with E-state index >= 15 is 0 Å². The van der Waals surface area contributed by atoms with Crippen LogP contribution >= 0.6 is 0 Å². The number of carbonyl (C=O) groups excluding carboxylic acids is 2. The zero-order chi connectivity index (χ0) is 29.3. The molecule has 0 bridgehead atoms. The highest BCUT2D eigenvalue weighted by Crippen LogP contribution is 2.24. The number of nitrogens with one attached hydrogen (secondary N) is 1. The largest absolute Gasteiger partial charge is 0.497 e. The molecule has 1 N–H and O–H groups in total. The number of ether oxygens (including phenoxy) is 1. The standard InChI is InChI=1S/C31H45N3O5S/c1-6-29(31(36)32-26-13-8-7-9-14-26)33(22-25-12-10-15-28(21-25)39-4)30(35)16-11-17-34(40(5,37)38)27-19-23(2)18-24(3)20-27/h10,12,15,18-21,26,29H,6-9,11,13-14,16-17,22H2,1-5H3,(H,32,36)/t29-/m0/s1. The van der Waals surface area contributed by atoms with Crippen LogP contribution in [0.2, 0.25) is 0 Å². The van der Waals surface area contributed by atoms with Gasteiger partial charge in [-0.25, -0.2) is 8.42 Å². The molecule has 0 aromatic heterocycles. The lowest BCUT2D eigenvalue weighted by Crippen LogP contribution is -2.51. The van der Waals surface area contributed by atoms with Crippen LogP contribution in [0.1, 0.15) is 75.0 Å². The number of benzene rings is 2. The van der Waals surface area contributed by atoms with E-state index in [4.69, 9.17) is 4.74 Å². The first kappa shape index (κ1) is 31.5. The number of aryl methyl sites for hydroxylation is 2. The smallest absolute Gasteiger partial charge is 0.243 e. The van der Waals surface area contributed by atoms with Gasteiger partial charge in [-0.15, -0.1) is 0 Å². The van der Waals surface area contributed by atoms with Gasteiger partial charge < -0.3 is 15.0 Å². The van der Waals surface area contributed by atoms with Crippen molar-refractivity contribution in [1.29, 1.82) is 0 Å². The summed E-state index contributed by atoms with van der Waals surface area (Å²) in [6, 6.07) is 12.7. The van der Waals surface area contributed by atoms with Crippen molar-refractivity contribution in [2.45, 2.75) is 90.8 Å². The second-order valence-corrected chi connectivity index (χ2v) is 12.8. The topological polar surface area (TPSA) is 96.0 Å².